The van der Waals surface area contributed by atoms with Gasteiger partial charge in [-0.25, -0.2) is 14.8 Å². The number of alkyl halides is 3. The fraction of sp³-hybridized carbons (Fsp3) is 0.451. The molecule has 16 nitrogen and oxygen atoms in total. The number of aliphatic carboxylic acids is 1. The molecule has 1 aromatic heterocycles. The molecule has 5 saturated heterocycles. The molecular formula is C51H53ClF3N9O7. The Morgan fingerprint density at radius 1 is 0.859 bits per heavy atom. The lowest BCUT2D eigenvalue weighted by Crippen LogP contribution is -2.66. The predicted molar refractivity (Wildman–Crippen MR) is 254 cm³/mol. The number of hydrogen-bond acceptors (Lipinski definition) is 13. The van der Waals surface area contributed by atoms with E-state index >= 15 is 0 Å². The number of hydrogen-bond donors (Lipinski definition) is 2. The minimum Gasteiger partial charge on any atom is -0.487 e. The Bertz CT molecular complexity index is 2770. The monoisotopic (exact) mass is 995 g/mol. The van der Waals surface area contributed by atoms with Gasteiger partial charge in [-0.2, -0.15) is 18.4 Å². The molecule has 10 rings (SSSR count). The molecule has 20 heteroatoms. The summed E-state index contributed by atoms with van der Waals surface area (Å²) in [7, 11) is 0. The van der Waals surface area contributed by atoms with Gasteiger partial charge in [0.05, 0.1) is 28.5 Å². The number of nitriles is 1. The van der Waals surface area contributed by atoms with Crippen molar-refractivity contribution in [3.63, 3.8) is 0 Å². The van der Waals surface area contributed by atoms with Gasteiger partial charge in [0, 0.05) is 93.2 Å². The molecule has 5 fully saturated rings. The Balaban J connectivity index is 0.000000831. The maximum Gasteiger partial charge on any atom is 0.490 e. The van der Waals surface area contributed by atoms with E-state index in [0.717, 1.165) is 104 Å². The highest BCUT2D eigenvalue weighted by Crippen LogP contribution is 2.44. The summed E-state index contributed by atoms with van der Waals surface area (Å²) in [5, 5.41) is 19.4. The number of carbonyl (C=O) groups is 5. The number of aromatic nitrogens is 2. The van der Waals surface area contributed by atoms with Gasteiger partial charge in [-0.3, -0.25) is 39.2 Å². The largest absolute Gasteiger partial charge is 0.490 e. The van der Waals surface area contributed by atoms with Crippen LogP contribution in [0.5, 0.6) is 5.75 Å². The summed E-state index contributed by atoms with van der Waals surface area (Å²) < 4.78 is 37.9. The second-order valence-corrected chi connectivity index (χ2v) is 20.3. The molecule has 6 aliphatic rings. The van der Waals surface area contributed by atoms with E-state index in [2.05, 4.69) is 61.9 Å². The summed E-state index contributed by atoms with van der Waals surface area (Å²) >= 11 is 6.31. The number of likely N-dealkylation sites (tertiary alicyclic amines) is 2. The van der Waals surface area contributed by atoms with E-state index in [9.17, 15) is 37.6 Å². The van der Waals surface area contributed by atoms with Crippen LogP contribution in [0.3, 0.4) is 0 Å². The molecular weight excluding hydrogens is 943 g/mol. The van der Waals surface area contributed by atoms with Gasteiger partial charge in [0.1, 0.15) is 18.4 Å². The van der Waals surface area contributed by atoms with Crippen molar-refractivity contribution in [1.29, 1.82) is 5.26 Å². The summed E-state index contributed by atoms with van der Waals surface area (Å²) in [6.07, 6.45) is 1.60. The van der Waals surface area contributed by atoms with E-state index in [1.54, 1.807) is 18.2 Å². The van der Waals surface area contributed by atoms with Crippen LogP contribution < -0.4 is 19.9 Å². The number of imide groups is 2. The number of halogens is 4. The summed E-state index contributed by atoms with van der Waals surface area (Å²) in [4.78, 5) is 79.9. The molecule has 0 saturated carbocycles. The average molecular weight is 996 g/mol. The quantitative estimate of drug-likeness (QED) is 0.171. The number of nitrogens with zero attached hydrogens (tertiary/aromatic N) is 8. The van der Waals surface area contributed by atoms with E-state index in [4.69, 9.17) is 31.2 Å². The van der Waals surface area contributed by atoms with Crippen LogP contribution in [0, 0.1) is 16.7 Å². The van der Waals surface area contributed by atoms with Gasteiger partial charge >= 0.3 is 12.1 Å². The molecule has 372 valence electrons. The Hall–Kier alpha value is -6.62. The molecule has 4 aromatic rings. The lowest BCUT2D eigenvalue weighted by Gasteiger charge is -2.58. The van der Waals surface area contributed by atoms with Gasteiger partial charge < -0.3 is 19.6 Å². The van der Waals surface area contributed by atoms with Crippen molar-refractivity contribution in [2.45, 2.75) is 88.7 Å². The maximum absolute atomic E-state index is 13.3. The fourth-order valence-corrected chi connectivity index (χ4v) is 10.9. The first-order valence-corrected chi connectivity index (χ1v) is 24.1. The van der Waals surface area contributed by atoms with Crippen molar-refractivity contribution in [1.82, 2.24) is 30.0 Å². The van der Waals surface area contributed by atoms with Crippen LogP contribution in [0.2, 0.25) is 5.02 Å². The first-order chi connectivity index (χ1) is 33.8. The minimum absolute atomic E-state index is 0.101. The maximum atomic E-state index is 13.3. The van der Waals surface area contributed by atoms with Crippen LogP contribution in [0.25, 0.3) is 0 Å². The lowest BCUT2D eigenvalue weighted by molar-refractivity contribution is -0.192. The van der Waals surface area contributed by atoms with Crippen LogP contribution in [0.4, 0.5) is 24.8 Å². The first kappa shape index (κ1) is 49.4. The zero-order valence-electron chi connectivity index (χ0n) is 39.3. The highest BCUT2D eigenvalue weighted by molar-refractivity contribution is 6.30. The van der Waals surface area contributed by atoms with E-state index in [1.165, 1.54) is 12.8 Å². The highest BCUT2D eigenvalue weighted by Gasteiger charge is 2.49. The Kier molecular flexibility index (Phi) is 13.6. The Morgan fingerprint density at radius 3 is 2.18 bits per heavy atom. The number of amides is 4. The fourth-order valence-electron chi connectivity index (χ4n) is 10.7. The SMILES string of the molecule is CC(C)(c1ccc(OCc2ccnc(N3CCC4(CC3)CN(C3CCN(C5CN(c6ccc7c(c6)C(=O)N(C6CCC(=O)NC6=O)C7=O)C5)CC3)C4)n2)cc1)c1cc(Cl)cc(C#N)c1.O=C(O)C(F)(F)F. The first-order valence-electron chi connectivity index (χ1n) is 23.7. The number of anilines is 2. The van der Waals surface area contributed by atoms with E-state index in [-0.39, 0.29) is 24.2 Å². The van der Waals surface area contributed by atoms with Crippen LogP contribution in [-0.2, 0) is 26.4 Å². The Labute approximate surface area is 413 Å². The summed E-state index contributed by atoms with van der Waals surface area (Å²) in [6.45, 7) is 12.7. The van der Waals surface area contributed by atoms with Crippen molar-refractivity contribution in [2.24, 2.45) is 5.41 Å². The molecule has 1 spiro atoms. The standard InChI is InChI=1S/C49H52ClN9O5.C2HF3O2/c1-48(2,33-21-31(25-51)22-34(50)23-33)32-3-6-39(7-4-32)64-28-35-11-16-52-47(53-35)56-19-14-49(15-20-56)29-58(30-49)36-12-17-55(18-13-36)38-26-57(27-38)37-5-8-40-41(24-37)46(63)59(45(40)62)42-9-10-43(60)54-44(42)61;3-2(4,5)1(6)7/h3-8,11,16,21-24,36,38,42H,9-10,12-15,17-20,26-30H2,1-2H3,(H,54,60,61);(H,6,7). The second kappa shape index (κ2) is 19.5. The zero-order valence-corrected chi connectivity index (χ0v) is 40.0. The molecule has 4 amide bonds. The highest BCUT2D eigenvalue weighted by atomic mass is 35.5. The second-order valence-electron chi connectivity index (χ2n) is 19.8. The molecule has 3 aromatic carbocycles. The third-order valence-electron chi connectivity index (χ3n) is 15.0. The van der Waals surface area contributed by atoms with Crippen molar-refractivity contribution in [3.05, 3.63) is 111 Å². The molecule has 1 unspecified atom stereocenters. The van der Waals surface area contributed by atoms with Crippen molar-refractivity contribution < 1.29 is 47.0 Å². The van der Waals surface area contributed by atoms with Crippen molar-refractivity contribution in [3.8, 4) is 11.8 Å². The summed E-state index contributed by atoms with van der Waals surface area (Å²) in [5.74, 6) is -3.16. The molecule has 1 atom stereocenters. The topological polar surface area (TPSA) is 193 Å². The van der Waals surface area contributed by atoms with Gasteiger partial charge in [0.25, 0.3) is 11.8 Å². The number of ether oxygens (including phenoxy) is 1. The smallest absolute Gasteiger partial charge is 0.487 e. The molecule has 0 radical (unpaired) electrons. The van der Waals surface area contributed by atoms with Crippen molar-refractivity contribution >= 4 is 52.8 Å². The molecule has 6 aliphatic heterocycles. The number of carboxylic acids is 1. The minimum atomic E-state index is -5.08. The molecule has 7 heterocycles. The van der Waals surface area contributed by atoms with Gasteiger partial charge in [0.15, 0.2) is 0 Å². The normalized spacial score (nSPS) is 20.9. The van der Waals surface area contributed by atoms with Gasteiger partial charge in [-0.1, -0.05) is 37.6 Å². The van der Waals surface area contributed by atoms with Gasteiger partial charge in [0.2, 0.25) is 17.8 Å². The lowest BCUT2D eigenvalue weighted by atomic mass is 9.71. The number of nitrogens with one attached hydrogen (secondary N) is 1. The number of rotatable bonds is 10. The van der Waals surface area contributed by atoms with E-state index in [0.29, 0.717) is 45.8 Å². The number of carbonyl (C=O) groups excluding carboxylic acids is 4. The molecule has 2 N–H and O–H groups in total. The van der Waals surface area contributed by atoms with Crippen LogP contribution in [0.15, 0.2) is 72.9 Å². The third kappa shape index (κ3) is 10.3. The van der Waals surface area contributed by atoms with E-state index in [1.807, 2.05) is 42.6 Å². The molecule has 0 bridgehead atoms. The van der Waals surface area contributed by atoms with Crippen LogP contribution in [0.1, 0.15) is 95.5 Å². The predicted octanol–water partition coefficient (Wildman–Crippen LogP) is 6.20. The molecule has 0 aliphatic carbocycles. The number of benzene rings is 3. The van der Waals surface area contributed by atoms with Gasteiger partial charge in [-0.15, -0.1) is 0 Å². The zero-order chi connectivity index (χ0) is 50.4. The van der Waals surface area contributed by atoms with Crippen LogP contribution >= 0.6 is 11.6 Å². The average Bonchev–Trinajstić information content (AvgIpc) is 3.57. The molecule has 71 heavy (non-hydrogen) atoms. The summed E-state index contributed by atoms with van der Waals surface area (Å²) in [5.41, 5.74) is 5.03. The number of piperidine rings is 3. The van der Waals surface area contributed by atoms with Gasteiger partial charge in [-0.05, 0) is 103 Å². The number of carboxylic acid groups (broad SMARTS) is 1. The van der Waals surface area contributed by atoms with Crippen molar-refractivity contribution in [2.75, 3.05) is 62.2 Å². The number of fused-ring (bicyclic) bond motifs is 1. The third-order valence-corrected chi connectivity index (χ3v) is 15.2. The van der Waals surface area contributed by atoms with E-state index < -0.39 is 35.9 Å². The Morgan fingerprint density at radius 2 is 1.54 bits per heavy atom. The summed E-state index contributed by atoms with van der Waals surface area (Å²) in [6, 6.07) is 23.2. The van der Waals surface area contributed by atoms with Crippen LogP contribution in [-0.4, -0.2) is 136 Å².